The van der Waals surface area contributed by atoms with Crippen LogP contribution in [-0.4, -0.2) is 13.1 Å². The minimum absolute atomic E-state index is 0.0989. The van der Waals surface area contributed by atoms with E-state index in [0.717, 1.165) is 24.8 Å². The molecule has 0 radical (unpaired) electrons. The van der Waals surface area contributed by atoms with Crippen molar-refractivity contribution < 1.29 is 13.9 Å². The topological polar surface area (TPSA) is 26.3 Å². The molecule has 0 aliphatic heterocycles. The minimum Gasteiger partial charge on any atom is -0.469 e. The van der Waals surface area contributed by atoms with E-state index in [1.807, 2.05) is 0 Å². The fourth-order valence-electron chi connectivity index (χ4n) is 2.31. The van der Waals surface area contributed by atoms with Gasteiger partial charge in [-0.3, -0.25) is 4.79 Å². The van der Waals surface area contributed by atoms with Gasteiger partial charge < -0.3 is 4.74 Å². The zero-order chi connectivity index (χ0) is 12.5. The number of hydrogen-bond donors (Lipinski definition) is 0. The van der Waals surface area contributed by atoms with Crippen molar-refractivity contribution in [1.29, 1.82) is 0 Å². The molecule has 0 amide bonds. The highest BCUT2D eigenvalue weighted by Crippen LogP contribution is 2.44. The lowest BCUT2D eigenvalue weighted by Gasteiger charge is -2.39. The Bertz CT molecular complexity index is 441. The number of ether oxygens (including phenoxy) is 1. The van der Waals surface area contributed by atoms with E-state index in [9.17, 15) is 9.18 Å². The van der Waals surface area contributed by atoms with Gasteiger partial charge in [0.2, 0.25) is 0 Å². The maximum atomic E-state index is 13.0. The van der Waals surface area contributed by atoms with E-state index >= 15 is 0 Å². The van der Waals surface area contributed by atoms with Gasteiger partial charge >= 0.3 is 5.97 Å². The van der Waals surface area contributed by atoms with Gasteiger partial charge in [-0.05, 0) is 37.0 Å². The summed E-state index contributed by atoms with van der Waals surface area (Å²) >= 11 is 5.73. The van der Waals surface area contributed by atoms with E-state index in [4.69, 9.17) is 16.3 Å². The third kappa shape index (κ3) is 2.29. The first-order chi connectivity index (χ1) is 8.07. The molecular weight excluding hydrogens is 243 g/mol. The molecule has 1 aliphatic carbocycles. The van der Waals surface area contributed by atoms with Gasteiger partial charge in [-0.25, -0.2) is 4.39 Å². The predicted octanol–water partition coefficient (Wildman–Crippen LogP) is 3.36. The molecule has 17 heavy (non-hydrogen) atoms. The Kier molecular flexibility index (Phi) is 3.38. The smallest absolute Gasteiger partial charge is 0.312 e. The number of carbonyl (C=O) groups excluding carboxylic acids is 1. The molecule has 1 aromatic rings. The van der Waals surface area contributed by atoms with E-state index in [0.29, 0.717) is 6.42 Å². The molecule has 0 spiro atoms. The molecule has 1 fully saturated rings. The Morgan fingerprint density at radius 1 is 1.53 bits per heavy atom. The summed E-state index contributed by atoms with van der Waals surface area (Å²) in [6.07, 6.45) is 3.26. The SMILES string of the molecule is COC(=O)C1(Cc2ccc(F)c(Cl)c2)CCC1. The normalized spacial score (nSPS) is 17.4. The van der Waals surface area contributed by atoms with Gasteiger partial charge in [0.15, 0.2) is 0 Å². The van der Waals surface area contributed by atoms with Crippen LogP contribution in [0.25, 0.3) is 0 Å². The fraction of sp³-hybridized carbons (Fsp3) is 0.462. The van der Waals surface area contributed by atoms with Crippen LogP contribution in [0.5, 0.6) is 0 Å². The van der Waals surface area contributed by atoms with Crippen LogP contribution in [0.4, 0.5) is 4.39 Å². The van der Waals surface area contributed by atoms with Crippen molar-refractivity contribution in [3.05, 3.63) is 34.6 Å². The average molecular weight is 257 g/mol. The van der Waals surface area contributed by atoms with Crippen LogP contribution >= 0.6 is 11.6 Å². The van der Waals surface area contributed by atoms with E-state index in [1.54, 1.807) is 12.1 Å². The molecule has 0 unspecified atom stereocenters. The standard InChI is InChI=1S/C13H14ClFO2/c1-17-12(16)13(5-2-6-13)8-9-3-4-11(15)10(14)7-9/h3-4,7H,2,5-6,8H2,1H3. The number of halogens is 2. The van der Waals surface area contributed by atoms with Gasteiger partial charge in [-0.1, -0.05) is 24.1 Å². The highest BCUT2D eigenvalue weighted by molar-refractivity contribution is 6.30. The molecule has 1 aromatic carbocycles. The number of benzene rings is 1. The molecule has 2 nitrogen and oxygen atoms in total. The van der Waals surface area contributed by atoms with Crippen molar-refractivity contribution in [2.24, 2.45) is 5.41 Å². The first kappa shape index (κ1) is 12.4. The number of carbonyl (C=O) groups is 1. The van der Waals surface area contributed by atoms with Crippen LogP contribution < -0.4 is 0 Å². The lowest BCUT2D eigenvalue weighted by molar-refractivity contribution is -0.158. The Balaban J connectivity index is 2.18. The third-order valence-electron chi connectivity index (χ3n) is 3.46. The fourth-order valence-corrected chi connectivity index (χ4v) is 2.52. The summed E-state index contributed by atoms with van der Waals surface area (Å²) in [7, 11) is 1.40. The van der Waals surface area contributed by atoms with E-state index in [-0.39, 0.29) is 11.0 Å². The summed E-state index contributed by atoms with van der Waals surface area (Å²) in [6.45, 7) is 0. The van der Waals surface area contributed by atoms with Crippen LogP contribution in [0, 0.1) is 11.2 Å². The van der Waals surface area contributed by atoms with Gasteiger partial charge in [0.25, 0.3) is 0 Å². The number of hydrogen-bond acceptors (Lipinski definition) is 2. The second-order valence-corrected chi connectivity index (χ2v) is 4.96. The molecule has 0 saturated heterocycles. The Morgan fingerprint density at radius 3 is 2.71 bits per heavy atom. The second kappa shape index (κ2) is 4.65. The van der Waals surface area contributed by atoms with E-state index < -0.39 is 11.2 Å². The highest BCUT2D eigenvalue weighted by Gasteiger charge is 2.45. The molecule has 1 saturated carbocycles. The molecule has 4 heteroatoms. The Hall–Kier alpha value is -1.09. The second-order valence-electron chi connectivity index (χ2n) is 4.55. The predicted molar refractivity (Wildman–Crippen MR) is 63.4 cm³/mol. The summed E-state index contributed by atoms with van der Waals surface area (Å²) in [6, 6.07) is 4.59. The molecule has 92 valence electrons. The molecule has 1 aliphatic rings. The first-order valence-electron chi connectivity index (χ1n) is 5.60. The number of methoxy groups -OCH3 is 1. The summed E-state index contributed by atoms with van der Waals surface area (Å²) in [4.78, 5) is 11.7. The van der Waals surface area contributed by atoms with Gasteiger partial charge in [0, 0.05) is 0 Å². The maximum Gasteiger partial charge on any atom is 0.312 e. The summed E-state index contributed by atoms with van der Waals surface area (Å²) in [5.41, 5.74) is 0.456. The summed E-state index contributed by atoms with van der Waals surface area (Å²) < 4.78 is 17.9. The largest absolute Gasteiger partial charge is 0.469 e. The molecule has 0 heterocycles. The van der Waals surface area contributed by atoms with E-state index in [2.05, 4.69) is 0 Å². The molecule has 0 aromatic heterocycles. The summed E-state index contributed by atoms with van der Waals surface area (Å²) in [5, 5.41) is 0.0989. The van der Waals surface area contributed by atoms with Crippen molar-refractivity contribution in [1.82, 2.24) is 0 Å². The van der Waals surface area contributed by atoms with Gasteiger partial charge in [-0.15, -0.1) is 0 Å². The van der Waals surface area contributed by atoms with Gasteiger partial charge in [-0.2, -0.15) is 0 Å². The Labute approximate surface area is 105 Å². The molecule has 0 atom stereocenters. The van der Waals surface area contributed by atoms with Crippen molar-refractivity contribution >= 4 is 17.6 Å². The van der Waals surface area contributed by atoms with Gasteiger partial charge in [0.1, 0.15) is 5.82 Å². The quantitative estimate of drug-likeness (QED) is 0.775. The van der Waals surface area contributed by atoms with Crippen LogP contribution in [0.2, 0.25) is 5.02 Å². The van der Waals surface area contributed by atoms with Crippen LogP contribution in [0.1, 0.15) is 24.8 Å². The lowest BCUT2D eigenvalue weighted by atomic mass is 9.65. The van der Waals surface area contributed by atoms with Crippen LogP contribution in [0.3, 0.4) is 0 Å². The maximum absolute atomic E-state index is 13.0. The molecular formula is C13H14ClFO2. The molecule has 0 bridgehead atoms. The first-order valence-corrected chi connectivity index (χ1v) is 5.97. The average Bonchev–Trinajstić information content (AvgIpc) is 2.27. The minimum atomic E-state index is -0.434. The van der Waals surface area contributed by atoms with Crippen molar-refractivity contribution in [3.8, 4) is 0 Å². The monoisotopic (exact) mass is 256 g/mol. The summed E-state index contributed by atoms with van der Waals surface area (Å²) in [5.74, 6) is -0.611. The van der Waals surface area contributed by atoms with Gasteiger partial charge in [0.05, 0.1) is 17.5 Å². The third-order valence-corrected chi connectivity index (χ3v) is 3.75. The lowest BCUT2D eigenvalue weighted by Crippen LogP contribution is -2.40. The number of rotatable bonds is 3. The van der Waals surface area contributed by atoms with Crippen molar-refractivity contribution in [2.45, 2.75) is 25.7 Å². The highest BCUT2D eigenvalue weighted by atomic mass is 35.5. The molecule has 0 N–H and O–H groups in total. The van der Waals surface area contributed by atoms with E-state index in [1.165, 1.54) is 13.2 Å². The number of esters is 1. The van der Waals surface area contributed by atoms with Crippen molar-refractivity contribution in [2.75, 3.05) is 7.11 Å². The zero-order valence-electron chi connectivity index (χ0n) is 9.63. The Morgan fingerprint density at radius 2 is 2.24 bits per heavy atom. The molecule has 2 rings (SSSR count). The van der Waals surface area contributed by atoms with Crippen molar-refractivity contribution in [3.63, 3.8) is 0 Å². The van der Waals surface area contributed by atoms with Crippen LogP contribution in [0.15, 0.2) is 18.2 Å². The van der Waals surface area contributed by atoms with Crippen LogP contribution in [-0.2, 0) is 16.0 Å². The zero-order valence-corrected chi connectivity index (χ0v) is 10.4.